The van der Waals surface area contributed by atoms with Crippen molar-refractivity contribution in [3.8, 4) is 0 Å². The van der Waals surface area contributed by atoms with Crippen molar-refractivity contribution in [3.05, 3.63) is 23.9 Å². The summed E-state index contributed by atoms with van der Waals surface area (Å²) in [6, 6.07) is 5.15. The normalized spacial score (nSPS) is 10.0. The fraction of sp³-hybridized carbons (Fsp3) is 0.500. The number of hydrogen-bond acceptors (Lipinski definition) is 5. The lowest BCUT2D eigenvalue weighted by Gasteiger charge is -2.08. The zero-order chi connectivity index (χ0) is 15.5. The van der Waals surface area contributed by atoms with Gasteiger partial charge in [-0.05, 0) is 18.6 Å². The van der Waals surface area contributed by atoms with Crippen molar-refractivity contribution < 1.29 is 14.3 Å². The van der Waals surface area contributed by atoms with Gasteiger partial charge in [0.05, 0.1) is 13.2 Å². The molecule has 3 N–H and O–H groups in total. The van der Waals surface area contributed by atoms with Crippen LogP contribution in [0.25, 0.3) is 0 Å². The summed E-state index contributed by atoms with van der Waals surface area (Å²) in [5.74, 6) is 0.00625. The Hall–Kier alpha value is -2.15. The standard InChI is InChI=1S/C14H22N4O3/c1-3-7-15-12-6-4-5-11(18-12)14(20)17-10-13(19)16-8-9-21-2/h4-6H,3,7-10H2,1-2H3,(H,15,18)(H,16,19)(H,17,20). The molecule has 0 spiro atoms. The number of ether oxygens (including phenoxy) is 1. The SMILES string of the molecule is CCCNc1cccc(C(=O)NCC(=O)NCCOC)n1. The maximum atomic E-state index is 11.9. The van der Waals surface area contributed by atoms with Gasteiger partial charge >= 0.3 is 0 Å². The van der Waals surface area contributed by atoms with Crippen LogP contribution < -0.4 is 16.0 Å². The highest BCUT2D eigenvalue weighted by molar-refractivity contribution is 5.95. The molecule has 0 aromatic carbocycles. The molecule has 0 saturated heterocycles. The fourth-order valence-corrected chi connectivity index (χ4v) is 1.52. The molecule has 0 aliphatic rings. The molecule has 0 aliphatic heterocycles. The van der Waals surface area contributed by atoms with Gasteiger partial charge in [-0.3, -0.25) is 9.59 Å². The average Bonchev–Trinajstić information content (AvgIpc) is 2.51. The highest BCUT2D eigenvalue weighted by Crippen LogP contribution is 2.04. The Balaban J connectivity index is 2.42. The molecule has 1 heterocycles. The number of rotatable bonds is 9. The zero-order valence-corrected chi connectivity index (χ0v) is 12.4. The summed E-state index contributed by atoms with van der Waals surface area (Å²) < 4.78 is 4.81. The predicted octanol–water partition coefficient (Wildman–Crippen LogP) is 0.396. The van der Waals surface area contributed by atoms with Crippen LogP contribution in [0, 0.1) is 0 Å². The molecule has 0 bridgehead atoms. The van der Waals surface area contributed by atoms with E-state index in [9.17, 15) is 9.59 Å². The summed E-state index contributed by atoms with van der Waals surface area (Å²) in [6.07, 6.45) is 0.972. The van der Waals surface area contributed by atoms with Gasteiger partial charge in [0.2, 0.25) is 5.91 Å². The first-order valence-electron chi connectivity index (χ1n) is 6.92. The average molecular weight is 294 g/mol. The second-order valence-corrected chi connectivity index (χ2v) is 4.36. The summed E-state index contributed by atoms with van der Waals surface area (Å²) >= 11 is 0. The minimum Gasteiger partial charge on any atom is -0.383 e. The van der Waals surface area contributed by atoms with Gasteiger partial charge in [0.25, 0.3) is 5.91 Å². The molecule has 1 aromatic rings. The minimum absolute atomic E-state index is 0.0865. The van der Waals surface area contributed by atoms with E-state index in [-0.39, 0.29) is 24.1 Å². The summed E-state index contributed by atoms with van der Waals surface area (Å²) in [5, 5.41) is 8.25. The topological polar surface area (TPSA) is 92.4 Å². The minimum atomic E-state index is -0.378. The molecular weight excluding hydrogens is 272 g/mol. The van der Waals surface area contributed by atoms with Crippen LogP contribution in [0.2, 0.25) is 0 Å². The van der Waals surface area contributed by atoms with E-state index in [0.717, 1.165) is 13.0 Å². The Morgan fingerprint density at radius 1 is 1.24 bits per heavy atom. The number of aromatic nitrogens is 1. The lowest BCUT2D eigenvalue weighted by atomic mass is 10.3. The highest BCUT2D eigenvalue weighted by Gasteiger charge is 2.09. The molecule has 0 radical (unpaired) electrons. The molecule has 0 fully saturated rings. The van der Waals surface area contributed by atoms with Gasteiger partial charge in [0, 0.05) is 20.2 Å². The van der Waals surface area contributed by atoms with Crippen molar-refractivity contribution in [1.29, 1.82) is 0 Å². The van der Waals surface area contributed by atoms with Gasteiger partial charge in [-0.15, -0.1) is 0 Å². The summed E-state index contributed by atoms with van der Waals surface area (Å²) in [4.78, 5) is 27.5. The molecule has 0 saturated carbocycles. The molecule has 1 aromatic heterocycles. The Labute approximate surface area is 124 Å². The summed E-state index contributed by atoms with van der Waals surface area (Å²) in [7, 11) is 1.55. The number of pyridine rings is 1. The molecule has 0 aliphatic carbocycles. The van der Waals surface area contributed by atoms with Gasteiger partial charge in [-0.25, -0.2) is 4.98 Å². The van der Waals surface area contributed by atoms with Crippen LogP contribution in [0.4, 0.5) is 5.82 Å². The molecule has 2 amide bonds. The van der Waals surface area contributed by atoms with Gasteiger partial charge < -0.3 is 20.7 Å². The highest BCUT2D eigenvalue weighted by atomic mass is 16.5. The van der Waals surface area contributed by atoms with Crippen LogP contribution in [0.5, 0.6) is 0 Å². The first-order chi connectivity index (χ1) is 10.2. The summed E-state index contributed by atoms with van der Waals surface area (Å²) in [5.41, 5.74) is 0.279. The first-order valence-corrected chi connectivity index (χ1v) is 6.92. The fourth-order valence-electron chi connectivity index (χ4n) is 1.52. The zero-order valence-electron chi connectivity index (χ0n) is 12.4. The Morgan fingerprint density at radius 2 is 2.05 bits per heavy atom. The molecule has 0 unspecified atom stereocenters. The largest absolute Gasteiger partial charge is 0.383 e. The predicted molar refractivity (Wildman–Crippen MR) is 80.2 cm³/mol. The van der Waals surface area contributed by atoms with Crippen molar-refractivity contribution >= 4 is 17.6 Å². The van der Waals surface area contributed by atoms with E-state index < -0.39 is 0 Å². The number of nitrogens with one attached hydrogen (secondary N) is 3. The molecular formula is C14H22N4O3. The molecule has 7 heteroatoms. The van der Waals surface area contributed by atoms with Gasteiger partial charge in [0.1, 0.15) is 11.5 Å². The van der Waals surface area contributed by atoms with E-state index in [0.29, 0.717) is 19.0 Å². The molecule has 7 nitrogen and oxygen atoms in total. The quantitative estimate of drug-likeness (QED) is 0.573. The van der Waals surface area contributed by atoms with Crippen molar-refractivity contribution in [2.24, 2.45) is 0 Å². The summed E-state index contributed by atoms with van der Waals surface area (Å²) in [6.45, 7) is 3.61. The number of amides is 2. The van der Waals surface area contributed by atoms with E-state index in [1.807, 2.05) is 6.92 Å². The van der Waals surface area contributed by atoms with Crippen LogP contribution >= 0.6 is 0 Å². The number of carbonyl (C=O) groups excluding carboxylic acids is 2. The molecule has 0 atom stereocenters. The third kappa shape index (κ3) is 6.71. The third-order valence-corrected chi connectivity index (χ3v) is 2.58. The maximum Gasteiger partial charge on any atom is 0.270 e. The molecule has 116 valence electrons. The lowest BCUT2D eigenvalue weighted by Crippen LogP contribution is -2.38. The number of carbonyl (C=O) groups is 2. The van der Waals surface area contributed by atoms with E-state index in [1.54, 1.807) is 25.3 Å². The number of nitrogens with zero attached hydrogens (tertiary/aromatic N) is 1. The Bertz CT molecular complexity index is 465. The van der Waals surface area contributed by atoms with E-state index in [2.05, 4.69) is 20.9 Å². The lowest BCUT2D eigenvalue weighted by molar-refractivity contribution is -0.120. The van der Waals surface area contributed by atoms with Crippen molar-refractivity contribution in [3.63, 3.8) is 0 Å². The van der Waals surface area contributed by atoms with Crippen molar-refractivity contribution in [2.45, 2.75) is 13.3 Å². The smallest absolute Gasteiger partial charge is 0.270 e. The van der Waals surface area contributed by atoms with Crippen LogP contribution in [0.1, 0.15) is 23.8 Å². The second-order valence-electron chi connectivity index (χ2n) is 4.36. The third-order valence-electron chi connectivity index (χ3n) is 2.58. The van der Waals surface area contributed by atoms with Crippen LogP contribution in [-0.2, 0) is 9.53 Å². The first kappa shape index (κ1) is 16.9. The second kappa shape index (κ2) is 9.71. The number of methoxy groups -OCH3 is 1. The van der Waals surface area contributed by atoms with E-state index >= 15 is 0 Å². The van der Waals surface area contributed by atoms with Crippen molar-refractivity contribution in [2.75, 3.05) is 38.7 Å². The van der Waals surface area contributed by atoms with Crippen LogP contribution in [0.15, 0.2) is 18.2 Å². The Morgan fingerprint density at radius 3 is 2.76 bits per heavy atom. The van der Waals surface area contributed by atoms with Crippen LogP contribution in [-0.4, -0.2) is 50.1 Å². The monoisotopic (exact) mass is 294 g/mol. The van der Waals surface area contributed by atoms with Crippen LogP contribution in [0.3, 0.4) is 0 Å². The number of hydrogen-bond donors (Lipinski definition) is 3. The van der Waals surface area contributed by atoms with Gasteiger partial charge in [-0.1, -0.05) is 13.0 Å². The van der Waals surface area contributed by atoms with Crippen molar-refractivity contribution in [1.82, 2.24) is 15.6 Å². The molecule has 21 heavy (non-hydrogen) atoms. The molecule has 1 rings (SSSR count). The van der Waals surface area contributed by atoms with E-state index in [4.69, 9.17) is 4.74 Å². The van der Waals surface area contributed by atoms with Gasteiger partial charge in [0.15, 0.2) is 0 Å². The van der Waals surface area contributed by atoms with E-state index in [1.165, 1.54) is 0 Å². The van der Waals surface area contributed by atoms with Gasteiger partial charge in [-0.2, -0.15) is 0 Å². The number of anilines is 1. The Kier molecular flexibility index (Phi) is 7.81. The maximum absolute atomic E-state index is 11.9.